The molecule has 0 amide bonds. The number of nitrogens with two attached hydrogens (primary N) is 1. The maximum Gasteiger partial charge on any atom is 0.191 e. The van der Waals surface area contributed by atoms with Crippen molar-refractivity contribution in [2.45, 2.75) is 38.8 Å². The molecule has 1 aromatic heterocycles. The normalized spacial score (nSPS) is 19.4. The van der Waals surface area contributed by atoms with Crippen LogP contribution in [0.1, 0.15) is 36.8 Å². The zero-order valence-electron chi connectivity index (χ0n) is 17.2. The molecule has 0 bridgehead atoms. The Hall–Kier alpha value is -2.12. The smallest absolute Gasteiger partial charge is 0.191 e. The lowest BCUT2D eigenvalue weighted by Gasteiger charge is -2.35. The van der Waals surface area contributed by atoms with E-state index >= 15 is 0 Å². The molecule has 0 aliphatic carbocycles. The minimum absolute atomic E-state index is 0.655. The predicted molar refractivity (Wildman–Crippen MR) is 121 cm³/mol. The molecule has 0 saturated carbocycles. The van der Waals surface area contributed by atoms with Crippen LogP contribution in [0.5, 0.6) is 0 Å². The minimum atomic E-state index is 0.655. The van der Waals surface area contributed by atoms with E-state index in [4.69, 9.17) is 10.7 Å². The van der Waals surface area contributed by atoms with E-state index in [0.717, 1.165) is 37.9 Å². The van der Waals surface area contributed by atoms with Crippen molar-refractivity contribution in [2.24, 2.45) is 10.7 Å². The number of aromatic nitrogens is 1. The zero-order valence-corrected chi connectivity index (χ0v) is 18.0. The lowest BCUT2D eigenvalue weighted by molar-refractivity contribution is 0.276. The average Bonchev–Trinajstić information content (AvgIpc) is 3.18. The van der Waals surface area contributed by atoms with Crippen molar-refractivity contribution in [1.82, 2.24) is 14.8 Å². The summed E-state index contributed by atoms with van der Waals surface area (Å²) in [6.07, 6.45) is 7.25. The first-order chi connectivity index (χ1) is 14.3. The molecule has 3 heterocycles. The maximum atomic E-state index is 6.35. The average molecular weight is 413 g/mol. The Balaban J connectivity index is 1.34. The Kier molecular flexibility index (Phi) is 7.00. The second-order valence-electron chi connectivity index (χ2n) is 7.92. The molecule has 0 unspecified atom stereocenters. The van der Waals surface area contributed by atoms with Gasteiger partial charge in [-0.1, -0.05) is 37.1 Å². The molecule has 0 atom stereocenters. The fraction of sp³-hybridized carbons (Fsp3) is 0.545. The molecule has 0 spiro atoms. The van der Waals surface area contributed by atoms with E-state index in [2.05, 4.69) is 43.9 Å². The lowest BCUT2D eigenvalue weighted by atomic mass is 10.1. The van der Waals surface area contributed by atoms with Crippen LogP contribution >= 0.6 is 11.3 Å². The van der Waals surface area contributed by atoms with Crippen molar-refractivity contribution in [3.63, 3.8) is 0 Å². The fourth-order valence-electron chi connectivity index (χ4n) is 4.17. The first kappa shape index (κ1) is 20.2. The van der Waals surface area contributed by atoms with Gasteiger partial charge in [-0.2, -0.15) is 0 Å². The topological polar surface area (TPSA) is 61.0 Å². The Morgan fingerprint density at radius 3 is 2.38 bits per heavy atom. The number of nitrogens with zero attached hydrogens (tertiary/aromatic N) is 5. The standard InChI is InChI=1S/C22H32N6S/c23-21(27-12-14-28(15-13-27)22-24-9-16-29-22)25-17-19-7-3-4-8-20(19)18-26-10-5-1-2-6-11-26/h3-4,7-9,16H,1-2,5-6,10-15,17-18H2,(H2,23,25). The van der Waals surface area contributed by atoms with Crippen molar-refractivity contribution in [1.29, 1.82) is 0 Å². The van der Waals surface area contributed by atoms with Gasteiger partial charge in [0, 0.05) is 44.3 Å². The van der Waals surface area contributed by atoms with Gasteiger partial charge in [-0.3, -0.25) is 4.90 Å². The molecule has 4 rings (SSSR count). The van der Waals surface area contributed by atoms with Crippen molar-refractivity contribution in [3.05, 3.63) is 47.0 Å². The molecule has 2 N–H and O–H groups in total. The van der Waals surface area contributed by atoms with Crippen LogP contribution in [0.25, 0.3) is 0 Å². The van der Waals surface area contributed by atoms with Crippen molar-refractivity contribution in [2.75, 3.05) is 44.2 Å². The highest BCUT2D eigenvalue weighted by atomic mass is 32.1. The Morgan fingerprint density at radius 1 is 0.966 bits per heavy atom. The molecule has 2 aromatic rings. The van der Waals surface area contributed by atoms with E-state index in [1.165, 1.54) is 49.9 Å². The number of piperazine rings is 1. The lowest BCUT2D eigenvalue weighted by Crippen LogP contribution is -2.51. The Labute approximate surface area is 178 Å². The summed E-state index contributed by atoms with van der Waals surface area (Å²) in [5.74, 6) is 0.661. The van der Waals surface area contributed by atoms with Gasteiger partial charge in [-0.05, 0) is 37.1 Å². The van der Waals surface area contributed by atoms with Crippen LogP contribution in [0.15, 0.2) is 40.8 Å². The van der Waals surface area contributed by atoms with Crippen LogP contribution < -0.4 is 10.6 Å². The number of rotatable bonds is 5. The van der Waals surface area contributed by atoms with Crippen LogP contribution in [0, 0.1) is 0 Å². The largest absolute Gasteiger partial charge is 0.370 e. The van der Waals surface area contributed by atoms with Crippen molar-refractivity contribution < 1.29 is 0 Å². The maximum absolute atomic E-state index is 6.35. The molecule has 1 aromatic carbocycles. The summed E-state index contributed by atoms with van der Waals surface area (Å²) in [5, 5.41) is 3.13. The van der Waals surface area contributed by atoms with Crippen LogP contribution in [0.4, 0.5) is 5.13 Å². The molecular weight excluding hydrogens is 380 g/mol. The van der Waals surface area contributed by atoms with Gasteiger partial charge >= 0.3 is 0 Å². The van der Waals surface area contributed by atoms with E-state index < -0.39 is 0 Å². The Morgan fingerprint density at radius 2 is 1.69 bits per heavy atom. The summed E-state index contributed by atoms with van der Waals surface area (Å²) < 4.78 is 0. The number of guanidine groups is 1. The highest BCUT2D eigenvalue weighted by Gasteiger charge is 2.20. The van der Waals surface area contributed by atoms with E-state index in [-0.39, 0.29) is 0 Å². The van der Waals surface area contributed by atoms with Gasteiger partial charge in [0.15, 0.2) is 11.1 Å². The molecule has 2 fully saturated rings. The SMILES string of the molecule is NC(=NCc1ccccc1CN1CCCCCC1)N1CCN(c2nccs2)CC1. The van der Waals surface area contributed by atoms with Crippen molar-refractivity contribution in [3.8, 4) is 0 Å². The third kappa shape index (κ3) is 5.48. The number of benzene rings is 1. The van der Waals surface area contributed by atoms with Crippen LogP contribution in [-0.2, 0) is 13.1 Å². The van der Waals surface area contributed by atoms with Crippen LogP contribution in [-0.4, -0.2) is 60.0 Å². The highest BCUT2D eigenvalue weighted by Crippen LogP contribution is 2.19. The fourth-order valence-corrected chi connectivity index (χ4v) is 4.86. The summed E-state index contributed by atoms with van der Waals surface area (Å²) in [6, 6.07) is 8.70. The van der Waals surface area contributed by atoms with Gasteiger partial charge in [0.2, 0.25) is 0 Å². The zero-order chi connectivity index (χ0) is 19.9. The number of thiazole rings is 1. The molecule has 6 nitrogen and oxygen atoms in total. The van der Waals surface area contributed by atoms with E-state index in [9.17, 15) is 0 Å². The van der Waals surface area contributed by atoms with Gasteiger partial charge in [-0.15, -0.1) is 11.3 Å². The second kappa shape index (κ2) is 10.1. The molecule has 7 heteroatoms. The molecule has 29 heavy (non-hydrogen) atoms. The predicted octanol–water partition coefficient (Wildman–Crippen LogP) is 3.16. The monoisotopic (exact) mass is 412 g/mol. The van der Waals surface area contributed by atoms with Gasteiger partial charge in [0.05, 0.1) is 6.54 Å². The number of hydrogen-bond acceptors (Lipinski definition) is 5. The summed E-state index contributed by atoms with van der Waals surface area (Å²) in [7, 11) is 0. The van der Waals surface area contributed by atoms with Gasteiger partial charge in [-0.25, -0.2) is 9.98 Å². The minimum Gasteiger partial charge on any atom is -0.370 e. The van der Waals surface area contributed by atoms with Crippen molar-refractivity contribution >= 4 is 22.4 Å². The summed E-state index contributed by atoms with van der Waals surface area (Å²) in [4.78, 5) is 16.3. The summed E-state index contributed by atoms with van der Waals surface area (Å²) in [5.41, 5.74) is 9.03. The van der Waals surface area contributed by atoms with Gasteiger partial charge < -0.3 is 15.5 Å². The number of anilines is 1. The van der Waals surface area contributed by atoms with E-state index in [1.807, 2.05) is 11.6 Å². The number of likely N-dealkylation sites (tertiary alicyclic amines) is 1. The first-order valence-electron chi connectivity index (χ1n) is 10.8. The molecule has 156 valence electrons. The molecule has 2 aliphatic heterocycles. The van der Waals surface area contributed by atoms with Crippen LogP contribution in [0.3, 0.4) is 0 Å². The second-order valence-corrected chi connectivity index (χ2v) is 8.80. The first-order valence-corrected chi connectivity index (χ1v) is 11.7. The molecular formula is C22H32N6S. The number of hydrogen-bond donors (Lipinski definition) is 1. The molecule has 0 radical (unpaired) electrons. The third-order valence-corrected chi connectivity index (χ3v) is 6.75. The molecule has 2 saturated heterocycles. The quantitative estimate of drug-likeness (QED) is 0.604. The summed E-state index contributed by atoms with van der Waals surface area (Å²) >= 11 is 1.69. The van der Waals surface area contributed by atoms with Gasteiger partial charge in [0.1, 0.15) is 0 Å². The third-order valence-electron chi connectivity index (χ3n) is 5.92. The highest BCUT2D eigenvalue weighted by molar-refractivity contribution is 7.13. The van der Waals surface area contributed by atoms with E-state index in [0.29, 0.717) is 12.5 Å². The van der Waals surface area contributed by atoms with E-state index in [1.54, 1.807) is 11.3 Å². The van der Waals surface area contributed by atoms with Gasteiger partial charge in [0.25, 0.3) is 0 Å². The van der Waals surface area contributed by atoms with Crippen LogP contribution in [0.2, 0.25) is 0 Å². The number of aliphatic imine (C=N–C) groups is 1. The Bertz CT molecular complexity index is 774. The molecule has 2 aliphatic rings. The summed E-state index contributed by atoms with van der Waals surface area (Å²) in [6.45, 7) is 7.77.